The van der Waals surface area contributed by atoms with Crippen LogP contribution in [0.2, 0.25) is 0 Å². The number of para-hydroxylation sites is 1. The molecule has 5 rings (SSSR count). The summed E-state index contributed by atoms with van der Waals surface area (Å²) in [5.74, 6) is 1.29. The molecule has 200 valence electrons. The Morgan fingerprint density at radius 3 is 2.47 bits per heavy atom. The van der Waals surface area contributed by atoms with E-state index in [1.807, 2.05) is 37.8 Å². The molecule has 1 aromatic carbocycles. The number of hydrogen-bond donors (Lipinski definition) is 0. The third kappa shape index (κ3) is 5.83. The van der Waals surface area contributed by atoms with Gasteiger partial charge in [-0.1, -0.05) is 18.2 Å². The smallest absolute Gasteiger partial charge is 0.410 e. The third-order valence-electron chi connectivity index (χ3n) is 8.66. The van der Waals surface area contributed by atoms with Crippen molar-refractivity contribution in [3.8, 4) is 5.75 Å². The topological polar surface area (TPSA) is 51.2 Å². The minimum absolute atomic E-state index is 0.108. The highest BCUT2D eigenvalue weighted by molar-refractivity contribution is 5.69. The van der Waals surface area contributed by atoms with Gasteiger partial charge in [0.1, 0.15) is 23.6 Å². The normalized spacial score (nSPS) is 26.6. The number of hydrogen-bond acceptors (Lipinski definition) is 5. The Labute approximate surface area is 215 Å². The lowest BCUT2D eigenvalue weighted by Crippen LogP contribution is -2.58. The molecule has 1 atom stereocenters. The summed E-state index contributed by atoms with van der Waals surface area (Å²) < 4.78 is 32.0. The molecule has 1 aliphatic carbocycles. The monoisotopic (exact) mass is 502 g/mol. The van der Waals surface area contributed by atoms with Crippen molar-refractivity contribution in [2.45, 2.75) is 88.9 Å². The summed E-state index contributed by atoms with van der Waals surface area (Å²) in [4.78, 5) is 16.9. The first-order valence-corrected chi connectivity index (χ1v) is 13.8. The van der Waals surface area contributed by atoms with Gasteiger partial charge in [-0.2, -0.15) is 0 Å². The Hall–Kier alpha value is -1.86. The van der Waals surface area contributed by atoms with E-state index in [4.69, 9.17) is 14.2 Å². The lowest BCUT2D eigenvalue weighted by Gasteiger charge is -2.48. The quantitative estimate of drug-likeness (QED) is 0.528. The number of rotatable bonds is 5. The fourth-order valence-corrected chi connectivity index (χ4v) is 6.61. The number of carbonyl (C=O) groups is 1. The number of halogens is 1. The molecule has 36 heavy (non-hydrogen) atoms. The van der Waals surface area contributed by atoms with Crippen LogP contribution in [0.5, 0.6) is 5.75 Å². The summed E-state index contributed by atoms with van der Waals surface area (Å²) >= 11 is 0. The van der Waals surface area contributed by atoms with Crippen molar-refractivity contribution >= 4 is 6.09 Å². The lowest BCUT2D eigenvalue weighted by molar-refractivity contribution is -0.0347. The average molecular weight is 503 g/mol. The van der Waals surface area contributed by atoms with Crippen LogP contribution in [0.1, 0.15) is 77.2 Å². The zero-order chi connectivity index (χ0) is 25.4. The van der Waals surface area contributed by atoms with E-state index in [0.717, 1.165) is 44.8 Å². The van der Waals surface area contributed by atoms with E-state index < -0.39 is 11.3 Å². The van der Waals surface area contributed by atoms with Gasteiger partial charge in [-0.05, 0) is 83.5 Å². The Morgan fingerprint density at radius 2 is 1.78 bits per heavy atom. The van der Waals surface area contributed by atoms with Gasteiger partial charge in [-0.15, -0.1) is 0 Å². The number of benzene rings is 1. The SMILES string of the molecule is CC(C)(C)OC(=O)N1CC2(CC[C@@H](N3CCC(c4ccccc4OCC4(F)CCOCC4)CC3)C2)C1. The highest BCUT2D eigenvalue weighted by Crippen LogP contribution is 2.48. The van der Waals surface area contributed by atoms with Gasteiger partial charge in [0.2, 0.25) is 0 Å². The Balaban J connectivity index is 1.11. The van der Waals surface area contributed by atoms with Crippen LogP contribution in [-0.2, 0) is 9.47 Å². The maximum absolute atomic E-state index is 15.1. The summed E-state index contributed by atoms with van der Waals surface area (Å²) in [5, 5.41) is 0. The fraction of sp³-hybridized carbons (Fsp3) is 0.759. The highest BCUT2D eigenvalue weighted by Gasteiger charge is 2.51. The molecule has 0 unspecified atom stereocenters. The van der Waals surface area contributed by atoms with Crippen molar-refractivity contribution < 1.29 is 23.4 Å². The van der Waals surface area contributed by atoms with Gasteiger partial charge in [-0.25, -0.2) is 9.18 Å². The second-order valence-electron chi connectivity index (χ2n) is 12.6. The zero-order valence-electron chi connectivity index (χ0n) is 22.3. The number of likely N-dealkylation sites (tertiary alicyclic amines) is 2. The lowest BCUT2D eigenvalue weighted by atomic mass is 9.78. The highest BCUT2D eigenvalue weighted by atomic mass is 19.1. The van der Waals surface area contributed by atoms with Crippen LogP contribution < -0.4 is 4.74 Å². The predicted molar refractivity (Wildman–Crippen MR) is 137 cm³/mol. The van der Waals surface area contributed by atoms with E-state index in [-0.39, 0.29) is 18.1 Å². The van der Waals surface area contributed by atoms with Crippen LogP contribution >= 0.6 is 0 Å². The molecule has 0 bridgehead atoms. The van der Waals surface area contributed by atoms with Gasteiger partial charge in [0.05, 0.1) is 0 Å². The fourth-order valence-electron chi connectivity index (χ4n) is 6.61. The Morgan fingerprint density at radius 1 is 1.08 bits per heavy atom. The molecule has 0 N–H and O–H groups in total. The molecule has 3 aliphatic heterocycles. The molecule has 0 radical (unpaired) electrons. The maximum atomic E-state index is 15.1. The van der Waals surface area contributed by atoms with Crippen molar-refractivity contribution in [1.29, 1.82) is 0 Å². The van der Waals surface area contributed by atoms with E-state index in [1.54, 1.807) is 0 Å². The average Bonchev–Trinajstić information content (AvgIpc) is 3.28. The Bertz CT molecular complexity index is 912. The van der Waals surface area contributed by atoms with Crippen LogP contribution in [0.3, 0.4) is 0 Å². The summed E-state index contributed by atoms with van der Waals surface area (Å²) in [6.07, 6.45) is 6.44. The molecule has 4 aliphatic rings. The summed E-state index contributed by atoms with van der Waals surface area (Å²) in [6.45, 7) is 10.7. The van der Waals surface area contributed by atoms with Crippen LogP contribution in [0.25, 0.3) is 0 Å². The maximum Gasteiger partial charge on any atom is 0.410 e. The van der Waals surface area contributed by atoms with E-state index in [0.29, 0.717) is 38.0 Å². The van der Waals surface area contributed by atoms with Crippen LogP contribution in [0, 0.1) is 5.41 Å². The standard InChI is InChI=1S/C29H43FN2O4/c1-27(2,3)36-26(33)32-19-28(20-32)11-8-23(18-28)31-14-9-22(10-15-31)24-6-4-5-7-25(24)35-21-29(30)12-16-34-17-13-29/h4-7,22-23H,8-21H2,1-3H3/t23-/m1/s1. The van der Waals surface area contributed by atoms with Crippen molar-refractivity contribution in [1.82, 2.24) is 9.80 Å². The van der Waals surface area contributed by atoms with Crippen molar-refractivity contribution in [3.63, 3.8) is 0 Å². The molecule has 1 spiro atoms. The molecule has 1 aromatic rings. The van der Waals surface area contributed by atoms with Crippen molar-refractivity contribution in [3.05, 3.63) is 29.8 Å². The molecule has 3 heterocycles. The summed E-state index contributed by atoms with van der Waals surface area (Å²) in [6, 6.07) is 8.83. The van der Waals surface area contributed by atoms with E-state index in [9.17, 15) is 4.79 Å². The number of ether oxygens (including phenoxy) is 3. The van der Waals surface area contributed by atoms with E-state index in [2.05, 4.69) is 17.0 Å². The first kappa shape index (κ1) is 25.8. The minimum atomic E-state index is -1.28. The molecule has 1 amide bonds. The predicted octanol–water partition coefficient (Wildman–Crippen LogP) is 5.55. The number of nitrogens with zero attached hydrogens (tertiary/aromatic N) is 2. The van der Waals surface area contributed by atoms with Crippen LogP contribution in [-0.4, -0.2) is 79.2 Å². The van der Waals surface area contributed by atoms with Crippen molar-refractivity contribution in [2.24, 2.45) is 5.41 Å². The second-order valence-corrected chi connectivity index (χ2v) is 12.6. The van der Waals surface area contributed by atoms with Gasteiger partial charge < -0.3 is 24.0 Å². The Kier molecular flexibility index (Phi) is 7.25. The number of carbonyl (C=O) groups excluding carboxylic acids is 1. The third-order valence-corrected chi connectivity index (χ3v) is 8.66. The van der Waals surface area contributed by atoms with Gasteiger partial charge in [0.25, 0.3) is 0 Å². The molecular formula is C29H43FN2O4. The summed E-state index contributed by atoms with van der Waals surface area (Å²) in [5.41, 5.74) is -0.216. The molecule has 6 nitrogen and oxygen atoms in total. The summed E-state index contributed by atoms with van der Waals surface area (Å²) in [7, 11) is 0. The molecular weight excluding hydrogens is 459 g/mol. The molecule has 3 saturated heterocycles. The molecule has 1 saturated carbocycles. The van der Waals surface area contributed by atoms with Gasteiger partial charge in [0.15, 0.2) is 0 Å². The first-order chi connectivity index (χ1) is 17.1. The van der Waals surface area contributed by atoms with E-state index >= 15 is 4.39 Å². The molecule has 0 aromatic heterocycles. The zero-order valence-corrected chi connectivity index (χ0v) is 22.3. The van der Waals surface area contributed by atoms with E-state index in [1.165, 1.54) is 24.8 Å². The molecule has 7 heteroatoms. The number of piperidine rings is 1. The van der Waals surface area contributed by atoms with Crippen LogP contribution in [0.4, 0.5) is 9.18 Å². The van der Waals surface area contributed by atoms with Gasteiger partial charge >= 0.3 is 6.09 Å². The van der Waals surface area contributed by atoms with Crippen molar-refractivity contribution in [2.75, 3.05) is 46.0 Å². The van der Waals surface area contributed by atoms with Gasteiger partial charge in [0, 0.05) is 50.6 Å². The first-order valence-electron chi connectivity index (χ1n) is 13.8. The minimum Gasteiger partial charge on any atom is -0.490 e. The van der Waals surface area contributed by atoms with Crippen LogP contribution in [0.15, 0.2) is 24.3 Å². The second kappa shape index (κ2) is 10.1. The molecule has 4 fully saturated rings. The number of alkyl halides is 1. The number of amides is 1. The van der Waals surface area contributed by atoms with Gasteiger partial charge in [-0.3, -0.25) is 0 Å². The largest absolute Gasteiger partial charge is 0.490 e.